The maximum atomic E-state index is 11.7. The highest BCUT2D eigenvalue weighted by atomic mass is 32.1. The number of carbonyl (C=O) groups is 1. The van der Waals surface area contributed by atoms with E-state index < -0.39 is 4.92 Å². The number of non-ortho nitro benzene ring substituents is 1. The van der Waals surface area contributed by atoms with Gasteiger partial charge in [-0.05, 0) is 19.1 Å². The molecule has 2 rings (SSSR count). The fraction of sp³-hybridized carbons (Fsp3) is 0.0769. The summed E-state index contributed by atoms with van der Waals surface area (Å²) < 4.78 is 0. The SMILES string of the molecule is Cc1nc(/C=C/C(=O)Nc2cccc([N+](=O)[O-])c2)cs1. The zero-order chi connectivity index (χ0) is 14.5. The second-order valence-corrected chi connectivity index (χ2v) is 4.98. The third-order valence-electron chi connectivity index (χ3n) is 2.37. The Hall–Kier alpha value is -2.54. The van der Waals surface area contributed by atoms with Crippen LogP contribution in [0, 0.1) is 17.0 Å². The molecule has 0 radical (unpaired) electrons. The number of anilines is 1. The number of nitro benzene ring substituents is 1. The fourth-order valence-corrected chi connectivity index (χ4v) is 2.08. The molecule has 0 bridgehead atoms. The number of amides is 1. The van der Waals surface area contributed by atoms with Crippen molar-refractivity contribution in [2.24, 2.45) is 0 Å². The summed E-state index contributed by atoms with van der Waals surface area (Å²) in [5.74, 6) is -0.365. The number of nitro groups is 1. The highest BCUT2D eigenvalue weighted by molar-refractivity contribution is 7.09. The molecule has 1 N–H and O–H groups in total. The molecule has 1 amide bonds. The summed E-state index contributed by atoms with van der Waals surface area (Å²) in [7, 11) is 0. The molecule has 20 heavy (non-hydrogen) atoms. The van der Waals surface area contributed by atoms with Gasteiger partial charge in [-0.25, -0.2) is 4.98 Å². The first-order valence-corrected chi connectivity index (χ1v) is 6.58. The Kier molecular flexibility index (Phi) is 4.21. The van der Waals surface area contributed by atoms with Crippen molar-refractivity contribution in [1.29, 1.82) is 0 Å². The lowest BCUT2D eigenvalue weighted by molar-refractivity contribution is -0.384. The highest BCUT2D eigenvalue weighted by Crippen LogP contribution is 2.17. The summed E-state index contributed by atoms with van der Waals surface area (Å²) in [6.45, 7) is 1.88. The third kappa shape index (κ3) is 3.72. The minimum absolute atomic E-state index is 0.0677. The van der Waals surface area contributed by atoms with Crippen LogP contribution in [0.3, 0.4) is 0 Å². The van der Waals surface area contributed by atoms with Crippen LogP contribution >= 0.6 is 11.3 Å². The van der Waals surface area contributed by atoms with Gasteiger partial charge in [-0.2, -0.15) is 0 Å². The Labute approximate surface area is 118 Å². The molecule has 1 aromatic carbocycles. The normalized spacial score (nSPS) is 10.7. The zero-order valence-electron chi connectivity index (χ0n) is 10.6. The summed E-state index contributed by atoms with van der Waals surface area (Å²) in [6, 6.07) is 5.77. The van der Waals surface area contributed by atoms with Crippen molar-refractivity contribution in [2.75, 3.05) is 5.32 Å². The molecule has 0 aliphatic carbocycles. The van der Waals surface area contributed by atoms with Crippen LogP contribution in [0.2, 0.25) is 0 Å². The number of nitrogens with one attached hydrogen (secondary N) is 1. The number of hydrogen-bond donors (Lipinski definition) is 1. The topological polar surface area (TPSA) is 85.1 Å². The maximum Gasteiger partial charge on any atom is 0.271 e. The Morgan fingerprint density at radius 2 is 2.30 bits per heavy atom. The summed E-state index contributed by atoms with van der Waals surface area (Å²) in [5.41, 5.74) is 1.02. The quantitative estimate of drug-likeness (QED) is 0.532. The second-order valence-electron chi connectivity index (χ2n) is 3.92. The molecular formula is C13H11N3O3S. The van der Waals surface area contributed by atoms with Gasteiger partial charge in [-0.15, -0.1) is 11.3 Å². The predicted octanol–water partition coefficient (Wildman–Crippen LogP) is 3.01. The number of thiazole rings is 1. The van der Waals surface area contributed by atoms with E-state index >= 15 is 0 Å². The van der Waals surface area contributed by atoms with Gasteiger partial charge in [-0.1, -0.05) is 6.07 Å². The van der Waals surface area contributed by atoms with E-state index in [0.717, 1.165) is 5.01 Å². The van der Waals surface area contributed by atoms with E-state index in [1.54, 1.807) is 12.1 Å². The molecule has 1 aromatic heterocycles. The Morgan fingerprint density at radius 3 is 2.95 bits per heavy atom. The number of carbonyl (C=O) groups excluding carboxylic acids is 1. The Balaban J connectivity index is 2.02. The first kappa shape index (κ1) is 13.9. The monoisotopic (exact) mass is 289 g/mol. The molecule has 0 unspecified atom stereocenters. The van der Waals surface area contributed by atoms with Gasteiger partial charge in [0.1, 0.15) is 0 Å². The molecule has 102 valence electrons. The van der Waals surface area contributed by atoms with Gasteiger partial charge in [0.2, 0.25) is 5.91 Å². The predicted molar refractivity (Wildman–Crippen MR) is 77.6 cm³/mol. The molecule has 0 fully saturated rings. The highest BCUT2D eigenvalue weighted by Gasteiger charge is 2.06. The molecule has 0 aliphatic rings. The zero-order valence-corrected chi connectivity index (χ0v) is 11.4. The second kappa shape index (κ2) is 6.07. The minimum Gasteiger partial charge on any atom is -0.322 e. The van der Waals surface area contributed by atoms with Gasteiger partial charge in [0, 0.05) is 29.3 Å². The van der Waals surface area contributed by atoms with Gasteiger partial charge < -0.3 is 5.32 Å². The lowest BCUT2D eigenvalue weighted by Gasteiger charge is -2.01. The van der Waals surface area contributed by atoms with Crippen LogP contribution in [0.1, 0.15) is 10.7 Å². The molecule has 0 saturated heterocycles. The van der Waals surface area contributed by atoms with Gasteiger partial charge in [0.05, 0.1) is 15.6 Å². The van der Waals surface area contributed by atoms with Crippen LogP contribution in [-0.4, -0.2) is 15.8 Å². The number of aryl methyl sites for hydroxylation is 1. The number of benzene rings is 1. The van der Waals surface area contributed by atoms with E-state index in [4.69, 9.17) is 0 Å². The van der Waals surface area contributed by atoms with Crippen LogP contribution < -0.4 is 5.32 Å². The van der Waals surface area contributed by atoms with Crippen LogP contribution in [0.15, 0.2) is 35.7 Å². The van der Waals surface area contributed by atoms with Crippen molar-refractivity contribution in [3.63, 3.8) is 0 Å². The Morgan fingerprint density at radius 1 is 1.50 bits per heavy atom. The molecule has 2 aromatic rings. The van der Waals surface area contributed by atoms with Crippen molar-refractivity contribution in [2.45, 2.75) is 6.92 Å². The van der Waals surface area contributed by atoms with E-state index in [1.807, 2.05) is 12.3 Å². The summed E-state index contributed by atoms with van der Waals surface area (Å²) >= 11 is 1.50. The number of aromatic nitrogens is 1. The van der Waals surface area contributed by atoms with Crippen LogP contribution in [-0.2, 0) is 4.79 Å². The van der Waals surface area contributed by atoms with E-state index in [1.165, 1.54) is 35.6 Å². The molecule has 0 saturated carbocycles. The first-order valence-electron chi connectivity index (χ1n) is 5.70. The lowest BCUT2D eigenvalue weighted by Crippen LogP contribution is -2.07. The van der Waals surface area contributed by atoms with Gasteiger partial charge in [-0.3, -0.25) is 14.9 Å². The van der Waals surface area contributed by atoms with Gasteiger partial charge in [0.25, 0.3) is 5.69 Å². The molecular weight excluding hydrogens is 278 g/mol. The number of hydrogen-bond acceptors (Lipinski definition) is 5. The van der Waals surface area contributed by atoms with E-state index in [0.29, 0.717) is 11.4 Å². The van der Waals surface area contributed by atoms with Crippen molar-refractivity contribution in [3.05, 3.63) is 56.5 Å². The maximum absolute atomic E-state index is 11.7. The van der Waals surface area contributed by atoms with Crippen molar-refractivity contribution < 1.29 is 9.72 Å². The standard InChI is InChI=1S/C13H11N3O3S/c1-9-14-11(8-20-9)5-6-13(17)15-10-3-2-4-12(7-10)16(18)19/h2-8H,1H3,(H,15,17)/b6-5+. The molecule has 1 heterocycles. The van der Waals surface area contributed by atoms with Crippen LogP contribution in [0.25, 0.3) is 6.08 Å². The van der Waals surface area contributed by atoms with E-state index in [-0.39, 0.29) is 11.6 Å². The van der Waals surface area contributed by atoms with Gasteiger partial charge >= 0.3 is 0 Å². The van der Waals surface area contributed by atoms with Crippen LogP contribution in [0.5, 0.6) is 0 Å². The van der Waals surface area contributed by atoms with Crippen LogP contribution in [0.4, 0.5) is 11.4 Å². The lowest BCUT2D eigenvalue weighted by atomic mass is 10.3. The molecule has 0 aliphatic heterocycles. The number of nitrogens with zero attached hydrogens (tertiary/aromatic N) is 2. The molecule has 0 atom stereocenters. The summed E-state index contributed by atoms with van der Waals surface area (Å²) in [5, 5.41) is 15.9. The average molecular weight is 289 g/mol. The van der Waals surface area contributed by atoms with Crippen molar-refractivity contribution in [1.82, 2.24) is 4.98 Å². The van der Waals surface area contributed by atoms with E-state index in [2.05, 4.69) is 10.3 Å². The molecule has 6 nitrogen and oxygen atoms in total. The minimum atomic E-state index is -0.510. The molecule has 7 heteroatoms. The number of rotatable bonds is 4. The molecule has 0 spiro atoms. The van der Waals surface area contributed by atoms with Crippen molar-refractivity contribution in [3.8, 4) is 0 Å². The summed E-state index contributed by atoms with van der Waals surface area (Å²) in [4.78, 5) is 26.0. The third-order valence-corrected chi connectivity index (χ3v) is 3.16. The average Bonchev–Trinajstić information content (AvgIpc) is 2.82. The first-order chi connectivity index (χ1) is 9.54. The van der Waals surface area contributed by atoms with Gasteiger partial charge in [0.15, 0.2) is 0 Å². The van der Waals surface area contributed by atoms with Crippen molar-refractivity contribution >= 4 is 34.7 Å². The Bertz CT molecular complexity index is 679. The fourth-order valence-electron chi connectivity index (χ4n) is 1.50. The summed E-state index contributed by atoms with van der Waals surface area (Å²) in [6.07, 6.45) is 2.93. The largest absolute Gasteiger partial charge is 0.322 e. The van der Waals surface area contributed by atoms with E-state index in [9.17, 15) is 14.9 Å². The smallest absolute Gasteiger partial charge is 0.271 e.